The third-order valence-electron chi connectivity index (χ3n) is 5.73. The summed E-state index contributed by atoms with van der Waals surface area (Å²) in [6.07, 6.45) is 5.52. The van der Waals surface area contributed by atoms with Gasteiger partial charge in [-0.15, -0.1) is 34.6 Å². The second-order valence-electron chi connectivity index (χ2n) is 7.96. The second kappa shape index (κ2) is 11.3. The number of nitrogens with zero attached hydrogens (tertiary/aromatic N) is 6. The fraction of sp³-hybridized carbons (Fsp3) is 0.474. The molecule has 0 aliphatic carbocycles. The maximum atomic E-state index is 13.1. The molecule has 37 heavy (non-hydrogen) atoms. The van der Waals surface area contributed by atoms with Crippen LogP contribution in [0.25, 0.3) is 0 Å². The van der Waals surface area contributed by atoms with Crippen molar-refractivity contribution in [1.82, 2.24) is 35.8 Å². The highest BCUT2D eigenvalue weighted by molar-refractivity contribution is 8.01. The van der Waals surface area contributed by atoms with Gasteiger partial charge >= 0.3 is 5.97 Å². The first-order valence-corrected chi connectivity index (χ1v) is 13.5. The van der Waals surface area contributed by atoms with Gasteiger partial charge < -0.3 is 31.6 Å². The molecule has 4 atom stereocenters. The number of H-pyrrole nitrogens is 1. The highest BCUT2D eigenvalue weighted by Gasteiger charge is 2.60. The number of thioether (sulfide) groups is 2. The standard InChI is InChI=1S/C19H22N10O5S3/c1-2-5-34-26-11(9-6-35-17(21)22-9)13(30)23-12-14(31)29-7-19(16(32)33,8-36-15(12)29)10(3-4-20)37-18-24-27-28-25-18/h1,6,10,12,15H,3-5,7-8,20H2,(H2,21,22)(H,23,30)(H,32,33)(H,24,25,27,28)/t10?,12?,15-,19?/m1/s1. The minimum Gasteiger partial charge on any atom is -0.481 e. The molecule has 2 aliphatic rings. The van der Waals surface area contributed by atoms with Crippen LogP contribution in [0.5, 0.6) is 0 Å². The summed E-state index contributed by atoms with van der Waals surface area (Å²) in [5.41, 5.74) is 10.1. The Kier molecular flexibility index (Phi) is 8.16. The van der Waals surface area contributed by atoms with Gasteiger partial charge in [0, 0.05) is 22.9 Å². The van der Waals surface area contributed by atoms with E-state index in [4.69, 9.17) is 22.7 Å². The number of nitrogens with one attached hydrogen (secondary N) is 2. The van der Waals surface area contributed by atoms with Crippen LogP contribution in [0.15, 0.2) is 15.7 Å². The number of fused-ring (bicyclic) bond motifs is 1. The largest absolute Gasteiger partial charge is 0.481 e. The number of aromatic nitrogens is 5. The van der Waals surface area contributed by atoms with Crippen molar-refractivity contribution in [3.63, 3.8) is 0 Å². The number of nitrogen functional groups attached to an aromatic ring is 1. The Morgan fingerprint density at radius 2 is 2.35 bits per heavy atom. The van der Waals surface area contributed by atoms with Crippen molar-refractivity contribution >= 4 is 63.5 Å². The molecule has 7 N–H and O–H groups in total. The van der Waals surface area contributed by atoms with Gasteiger partial charge in [-0.05, 0) is 23.4 Å². The van der Waals surface area contributed by atoms with E-state index in [1.54, 1.807) is 0 Å². The van der Waals surface area contributed by atoms with E-state index in [1.165, 1.54) is 33.8 Å². The van der Waals surface area contributed by atoms with E-state index in [1.807, 2.05) is 0 Å². The number of rotatable bonds is 11. The number of thiazole rings is 1. The van der Waals surface area contributed by atoms with E-state index in [-0.39, 0.29) is 42.0 Å². The molecule has 2 aromatic heterocycles. The number of carbonyl (C=O) groups is 3. The van der Waals surface area contributed by atoms with Crippen molar-refractivity contribution in [2.45, 2.75) is 28.2 Å². The fourth-order valence-corrected chi connectivity index (χ4v) is 7.39. The molecule has 3 unspecified atom stereocenters. The molecule has 2 fully saturated rings. The molecule has 2 aromatic rings. The molecule has 4 heterocycles. The summed E-state index contributed by atoms with van der Waals surface area (Å²) in [6.45, 7) is 0.00759. The molecular formula is C19H22N10O5S3. The van der Waals surface area contributed by atoms with Gasteiger partial charge in [-0.25, -0.2) is 10.1 Å². The molecule has 0 spiro atoms. The van der Waals surface area contributed by atoms with Crippen LogP contribution in [0.4, 0.5) is 5.13 Å². The van der Waals surface area contributed by atoms with Crippen LogP contribution >= 0.6 is 34.9 Å². The van der Waals surface area contributed by atoms with Crippen LogP contribution in [0, 0.1) is 17.8 Å². The number of β-lactam (4-membered cyclic amide) rings is 1. The molecule has 2 saturated heterocycles. The lowest BCUT2D eigenvalue weighted by molar-refractivity contribution is -0.158. The molecule has 196 valence electrons. The predicted molar refractivity (Wildman–Crippen MR) is 135 cm³/mol. The highest BCUT2D eigenvalue weighted by Crippen LogP contribution is 2.48. The van der Waals surface area contributed by atoms with Crippen LogP contribution in [-0.2, 0) is 19.2 Å². The van der Waals surface area contributed by atoms with E-state index in [9.17, 15) is 19.5 Å². The van der Waals surface area contributed by atoms with Gasteiger partial charge in [-0.3, -0.25) is 14.4 Å². The van der Waals surface area contributed by atoms with Gasteiger partial charge in [-0.1, -0.05) is 22.8 Å². The van der Waals surface area contributed by atoms with Crippen LogP contribution < -0.4 is 16.8 Å². The fourth-order valence-electron chi connectivity index (χ4n) is 3.94. The van der Waals surface area contributed by atoms with Gasteiger partial charge in [0.1, 0.15) is 22.5 Å². The summed E-state index contributed by atoms with van der Waals surface area (Å²) in [5.74, 6) is 0.233. The predicted octanol–water partition coefficient (Wildman–Crippen LogP) is -1.43. The Morgan fingerprint density at radius 1 is 1.54 bits per heavy atom. The molecular weight excluding hydrogens is 544 g/mol. The first kappa shape index (κ1) is 26.7. The van der Waals surface area contributed by atoms with E-state index < -0.39 is 39.9 Å². The average Bonchev–Trinajstić information content (AvgIpc) is 3.56. The molecule has 4 rings (SSSR count). The quantitative estimate of drug-likeness (QED) is 0.0525. The zero-order valence-corrected chi connectivity index (χ0v) is 21.5. The van der Waals surface area contributed by atoms with Crippen molar-refractivity contribution in [2.24, 2.45) is 16.3 Å². The summed E-state index contributed by atoms with van der Waals surface area (Å²) in [5, 5.41) is 31.3. The van der Waals surface area contributed by atoms with E-state index in [0.717, 1.165) is 11.3 Å². The molecule has 0 aromatic carbocycles. The number of nitrogens with two attached hydrogens (primary N) is 2. The minimum absolute atomic E-state index is 0.0563. The van der Waals surface area contributed by atoms with Gasteiger partial charge in [-0.2, -0.15) is 0 Å². The lowest BCUT2D eigenvalue weighted by Gasteiger charge is -2.55. The van der Waals surface area contributed by atoms with Crippen molar-refractivity contribution in [2.75, 3.05) is 31.2 Å². The average molecular weight is 567 g/mol. The Balaban J connectivity index is 1.49. The van der Waals surface area contributed by atoms with Crippen LogP contribution in [0.3, 0.4) is 0 Å². The topological polar surface area (TPSA) is 228 Å². The normalized spacial score (nSPS) is 23.9. The number of tetrazole rings is 1. The third kappa shape index (κ3) is 5.34. The zero-order chi connectivity index (χ0) is 26.6. The molecule has 18 heteroatoms. The van der Waals surface area contributed by atoms with Crippen molar-refractivity contribution < 1.29 is 24.3 Å². The second-order valence-corrected chi connectivity index (χ2v) is 11.1. The SMILES string of the molecule is C#CCON=C(C(=O)NC1C(=O)N2CC(C(=O)O)(C(CCN)Sc3nnn[nH]3)CS[C@H]12)c1csc(N)n1. The summed E-state index contributed by atoms with van der Waals surface area (Å²) in [4.78, 5) is 49.1. The highest BCUT2D eigenvalue weighted by atomic mass is 32.2. The smallest absolute Gasteiger partial charge is 0.313 e. The van der Waals surface area contributed by atoms with Crippen molar-refractivity contribution in [3.8, 4) is 12.3 Å². The number of amides is 2. The van der Waals surface area contributed by atoms with Gasteiger partial charge in [0.15, 0.2) is 17.5 Å². The van der Waals surface area contributed by atoms with Crippen molar-refractivity contribution in [3.05, 3.63) is 11.1 Å². The number of anilines is 1. The van der Waals surface area contributed by atoms with Crippen LogP contribution in [0.2, 0.25) is 0 Å². The summed E-state index contributed by atoms with van der Waals surface area (Å²) in [6, 6.07) is -0.891. The van der Waals surface area contributed by atoms with E-state index in [0.29, 0.717) is 11.6 Å². The maximum Gasteiger partial charge on any atom is 0.313 e. The molecule has 0 radical (unpaired) electrons. The summed E-state index contributed by atoms with van der Waals surface area (Å²) in [7, 11) is 0. The Labute approximate surface area is 222 Å². The Bertz CT molecular complexity index is 1230. The number of carbonyl (C=O) groups excluding carboxylic acids is 2. The van der Waals surface area contributed by atoms with E-state index in [2.05, 4.69) is 42.0 Å². The third-order valence-corrected chi connectivity index (χ3v) is 9.32. The Hall–Kier alpha value is -3.40. The number of terminal acetylenes is 1. The van der Waals surface area contributed by atoms with Crippen LogP contribution in [-0.4, -0.2) is 101 Å². The zero-order valence-electron chi connectivity index (χ0n) is 19.1. The molecule has 2 amide bonds. The molecule has 2 aliphatic heterocycles. The minimum atomic E-state index is -1.31. The molecule has 0 saturated carbocycles. The number of aliphatic carboxylic acids is 1. The number of carboxylic acid groups (broad SMARTS) is 1. The number of hydrogen-bond acceptors (Lipinski definition) is 14. The molecule has 0 bridgehead atoms. The van der Waals surface area contributed by atoms with Crippen LogP contribution in [0.1, 0.15) is 12.1 Å². The van der Waals surface area contributed by atoms with Crippen molar-refractivity contribution in [1.29, 1.82) is 0 Å². The number of oxime groups is 1. The Morgan fingerprint density at radius 3 is 2.97 bits per heavy atom. The number of carboxylic acids is 1. The molecule has 15 nitrogen and oxygen atoms in total. The van der Waals surface area contributed by atoms with Gasteiger partial charge in [0.05, 0.1) is 0 Å². The lowest BCUT2D eigenvalue weighted by Crippen LogP contribution is -2.75. The first-order chi connectivity index (χ1) is 17.8. The monoisotopic (exact) mass is 566 g/mol. The van der Waals surface area contributed by atoms with Gasteiger partial charge in [0.2, 0.25) is 11.1 Å². The van der Waals surface area contributed by atoms with E-state index >= 15 is 0 Å². The van der Waals surface area contributed by atoms with Gasteiger partial charge in [0.25, 0.3) is 5.91 Å². The number of aromatic amines is 1. The maximum absolute atomic E-state index is 13.1. The summed E-state index contributed by atoms with van der Waals surface area (Å²) >= 11 is 3.54. The summed E-state index contributed by atoms with van der Waals surface area (Å²) < 4.78 is 0. The lowest BCUT2D eigenvalue weighted by atomic mass is 9.82. The number of hydrogen-bond donors (Lipinski definition) is 5. The first-order valence-electron chi connectivity index (χ1n) is 10.7.